The molecule has 0 aliphatic carbocycles. The molecule has 15 heavy (non-hydrogen) atoms. The fourth-order valence-corrected chi connectivity index (χ4v) is 2.04. The van der Waals surface area contributed by atoms with Crippen LogP contribution < -0.4 is 0 Å². The van der Waals surface area contributed by atoms with Gasteiger partial charge in [-0.25, -0.2) is 4.98 Å². The molecule has 3 heterocycles. The summed E-state index contributed by atoms with van der Waals surface area (Å²) in [5, 5.41) is 9.44. The minimum absolute atomic E-state index is 0.265. The number of rotatable bonds is 1. The molecule has 4 heteroatoms. The SMILES string of the molecule is Oc1ccc2cnc(C3CCOC3)n2c1. The summed E-state index contributed by atoms with van der Waals surface area (Å²) >= 11 is 0. The van der Waals surface area contributed by atoms with Crippen LogP contribution in [0.3, 0.4) is 0 Å². The molecule has 0 bridgehead atoms. The van der Waals surface area contributed by atoms with Crippen LogP contribution in [0.15, 0.2) is 24.5 Å². The van der Waals surface area contributed by atoms with Crippen LogP contribution in [-0.4, -0.2) is 27.7 Å². The highest BCUT2D eigenvalue weighted by atomic mass is 16.5. The summed E-state index contributed by atoms with van der Waals surface area (Å²) in [5.74, 6) is 1.60. The van der Waals surface area contributed by atoms with Gasteiger partial charge in [-0.05, 0) is 18.6 Å². The van der Waals surface area contributed by atoms with Gasteiger partial charge in [0.2, 0.25) is 0 Å². The Bertz CT molecular complexity index is 486. The zero-order chi connectivity index (χ0) is 10.3. The van der Waals surface area contributed by atoms with E-state index >= 15 is 0 Å². The Kier molecular flexibility index (Phi) is 1.89. The smallest absolute Gasteiger partial charge is 0.132 e. The minimum atomic E-state index is 0.265. The van der Waals surface area contributed by atoms with Crippen molar-refractivity contribution in [1.82, 2.24) is 9.38 Å². The highest BCUT2D eigenvalue weighted by Crippen LogP contribution is 2.25. The van der Waals surface area contributed by atoms with Gasteiger partial charge in [0, 0.05) is 12.5 Å². The molecule has 1 unspecified atom stereocenters. The second kappa shape index (κ2) is 3.24. The lowest BCUT2D eigenvalue weighted by Crippen LogP contribution is -2.03. The Morgan fingerprint density at radius 1 is 1.47 bits per heavy atom. The van der Waals surface area contributed by atoms with Gasteiger partial charge >= 0.3 is 0 Å². The molecule has 1 atom stereocenters. The van der Waals surface area contributed by atoms with Crippen LogP contribution in [0.2, 0.25) is 0 Å². The number of hydrogen-bond acceptors (Lipinski definition) is 3. The normalized spacial score (nSPS) is 21.2. The Balaban J connectivity index is 2.13. The first kappa shape index (κ1) is 8.73. The summed E-state index contributed by atoms with van der Waals surface area (Å²) in [6.07, 6.45) is 4.54. The van der Waals surface area contributed by atoms with Crippen LogP contribution in [0.4, 0.5) is 0 Å². The predicted molar refractivity (Wildman–Crippen MR) is 55.0 cm³/mol. The van der Waals surface area contributed by atoms with Gasteiger partial charge in [0.05, 0.1) is 24.5 Å². The average molecular weight is 204 g/mol. The molecule has 0 spiro atoms. The maximum absolute atomic E-state index is 9.44. The van der Waals surface area contributed by atoms with Crippen LogP contribution in [-0.2, 0) is 4.74 Å². The van der Waals surface area contributed by atoms with Crippen molar-refractivity contribution in [2.75, 3.05) is 13.2 Å². The largest absolute Gasteiger partial charge is 0.506 e. The molecule has 1 aliphatic rings. The second-order valence-electron chi connectivity index (χ2n) is 3.86. The summed E-state index contributed by atoms with van der Waals surface area (Å²) in [6, 6.07) is 3.54. The molecule has 0 aromatic carbocycles. The van der Waals surface area contributed by atoms with Crippen molar-refractivity contribution < 1.29 is 9.84 Å². The Hall–Kier alpha value is -1.55. The lowest BCUT2D eigenvalue weighted by molar-refractivity contribution is 0.193. The molecule has 1 N–H and O–H groups in total. The predicted octanol–water partition coefficient (Wildman–Crippen LogP) is 1.54. The Morgan fingerprint density at radius 3 is 3.20 bits per heavy atom. The number of fused-ring (bicyclic) bond motifs is 1. The maximum atomic E-state index is 9.44. The van der Waals surface area contributed by atoms with Gasteiger partial charge in [0.1, 0.15) is 11.6 Å². The first-order chi connectivity index (χ1) is 7.34. The quantitative estimate of drug-likeness (QED) is 0.766. The van der Waals surface area contributed by atoms with Crippen LogP contribution in [0.5, 0.6) is 5.75 Å². The van der Waals surface area contributed by atoms with E-state index in [-0.39, 0.29) is 5.75 Å². The van der Waals surface area contributed by atoms with Gasteiger partial charge < -0.3 is 9.84 Å². The topological polar surface area (TPSA) is 46.8 Å². The van der Waals surface area contributed by atoms with E-state index in [9.17, 15) is 5.11 Å². The van der Waals surface area contributed by atoms with E-state index in [0.717, 1.165) is 31.0 Å². The Labute approximate surface area is 87.1 Å². The van der Waals surface area contributed by atoms with Crippen molar-refractivity contribution in [3.63, 3.8) is 0 Å². The lowest BCUT2D eigenvalue weighted by Gasteiger charge is -2.06. The van der Waals surface area contributed by atoms with Crippen LogP contribution in [0.25, 0.3) is 5.52 Å². The molecule has 0 radical (unpaired) electrons. The van der Waals surface area contributed by atoms with Gasteiger partial charge in [0.15, 0.2) is 0 Å². The lowest BCUT2D eigenvalue weighted by atomic mass is 10.1. The third-order valence-corrected chi connectivity index (χ3v) is 2.84. The van der Waals surface area contributed by atoms with E-state index in [0.29, 0.717) is 5.92 Å². The molecule has 1 fully saturated rings. The molecule has 1 saturated heterocycles. The van der Waals surface area contributed by atoms with Gasteiger partial charge in [0.25, 0.3) is 0 Å². The number of aromatic nitrogens is 2. The number of pyridine rings is 1. The van der Waals surface area contributed by atoms with Crippen molar-refractivity contribution in [1.29, 1.82) is 0 Å². The molecule has 2 aromatic heterocycles. The highest BCUT2D eigenvalue weighted by Gasteiger charge is 2.21. The van der Waals surface area contributed by atoms with Gasteiger partial charge in [-0.3, -0.25) is 4.40 Å². The van der Waals surface area contributed by atoms with Crippen LogP contribution in [0.1, 0.15) is 18.2 Å². The zero-order valence-corrected chi connectivity index (χ0v) is 8.26. The number of ether oxygens (including phenoxy) is 1. The molecule has 1 aliphatic heterocycles. The fourth-order valence-electron chi connectivity index (χ4n) is 2.04. The summed E-state index contributed by atoms with van der Waals surface area (Å²) < 4.78 is 7.28. The average Bonchev–Trinajstić information content (AvgIpc) is 2.83. The molecule has 78 valence electrons. The summed E-state index contributed by atoms with van der Waals surface area (Å²) in [7, 11) is 0. The van der Waals surface area contributed by atoms with Crippen molar-refractivity contribution in [3.05, 3.63) is 30.4 Å². The monoisotopic (exact) mass is 204 g/mol. The number of aromatic hydroxyl groups is 1. The van der Waals surface area contributed by atoms with Crippen molar-refractivity contribution in [2.24, 2.45) is 0 Å². The molecule has 2 aromatic rings. The molecule has 0 amide bonds. The fraction of sp³-hybridized carbons (Fsp3) is 0.364. The van der Waals surface area contributed by atoms with Crippen molar-refractivity contribution >= 4 is 5.52 Å². The van der Waals surface area contributed by atoms with E-state index in [4.69, 9.17) is 4.74 Å². The first-order valence-electron chi connectivity index (χ1n) is 5.08. The van der Waals surface area contributed by atoms with E-state index in [1.54, 1.807) is 12.3 Å². The number of nitrogens with zero attached hydrogens (tertiary/aromatic N) is 2. The molecule has 0 saturated carbocycles. The van der Waals surface area contributed by atoms with Crippen molar-refractivity contribution in [2.45, 2.75) is 12.3 Å². The van der Waals surface area contributed by atoms with E-state index in [1.807, 2.05) is 16.7 Å². The van der Waals surface area contributed by atoms with Gasteiger partial charge in [-0.1, -0.05) is 0 Å². The van der Waals surface area contributed by atoms with E-state index in [2.05, 4.69) is 4.98 Å². The summed E-state index contributed by atoms with van der Waals surface area (Å²) in [5.41, 5.74) is 1.01. The zero-order valence-electron chi connectivity index (χ0n) is 8.26. The molecule has 3 rings (SSSR count). The number of imidazole rings is 1. The third-order valence-electron chi connectivity index (χ3n) is 2.84. The summed E-state index contributed by atoms with van der Waals surface area (Å²) in [6.45, 7) is 1.53. The second-order valence-corrected chi connectivity index (χ2v) is 3.86. The standard InChI is InChI=1S/C11H12N2O2/c14-10-2-1-9-5-12-11(13(9)6-10)8-3-4-15-7-8/h1-2,5-6,8,14H,3-4,7H2. The maximum Gasteiger partial charge on any atom is 0.132 e. The first-order valence-corrected chi connectivity index (χ1v) is 5.08. The molecular weight excluding hydrogens is 192 g/mol. The van der Waals surface area contributed by atoms with Gasteiger partial charge in [-0.2, -0.15) is 0 Å². The van der Waals surface area contributed by atoms with Crippen LogP contribution >= 0.6 is 0 Å². The molecule has 4 nitrogen and oxygen atoms in total. The van der Waals surface area contributed by atoms with E-state index < -0.39 is 0 Å². The van der Waals surface area contributed by atoms with Gasteiger partial charge in [-0.15, -0.1) is 0 Å². The molecular formula is C11H12N2O2. The van der Waals surface area contributed by atoms with Crippen LogP contribution in [0, 0.1) is 0 Å². The number of hydrogen-bond donors (Lipinski definition) is 1. The summed E-state index contributed by atoms with van der Waals surface area (Å²) in [4.78, 5) is 4.39. The third kappa shape index (κ3) is 1.37. The minimum Gasteiger partial charge on any atom is -0.506 e. The Morgan fingerprint density at radius 2 is 2.40 bits per heavy atom. The van der Waals surface area contributed by atoms with E-state index in [1.165, 1.54) is 0 Å². The highest BCUT2D eigenvalue weighted by molar-refractivity contribution is 5.48. The van der Waals surface area contributed by atoms with Crippen molar-refractivity contribution in [3.8, 4) is 5.75 Å².